The van der Waals surface area contributed by atoms with Crippen molar-refractivity contribution in [1.29, 1.82) is 0 Å². The zero-order valence-electron chi connectivity index (χ0n) is 8.63. The lowest BCUT2D eigenvalue weighted by molar-refractivity contribution is -0.116. The number of amides is 1. The van der Waals surface area contributed by atoms with Gasteiger partial charge in [0, 0.05) is 22.9 Å². The predicted molar refractivity (Wildman–Crippen MR) is 66.8 cm³/mol. The van der Waals surface area contributed by atoms with Gasteiger partial charge in [-0.3, -0.25) is 4.79 Å². The van der Waals surface area contributed by atoms with Gasteiger partial charge in [0.2, 0.25) is 5.91 Å². The van der Waals surface area contributed by atoms with Crippen molar-refractivity contribution in [3.63, 3.8) is 0 Å². The number of hydrogen-bond acceptors (Lipinski definition) is 2. The maximum atomic E-state index is 11.4. The van der Waals surface area contributed by atoms with Gasteiger partial charge in [0.15, 0.2) is 0 Å². The molecule has 1 amide bonds. The van der Waals surface area contributed by atoms with E-state index in [1.165, 1.54) is 0 Å². The molecular formula is C11H14ClNOS. The number of rotatable bonds is 5. The zero-order chi connectivity index (χ0) is 11.1. The fourth-order valence-electron chi connectivity index (χ4n) is 1.15. The molecule has 82 valence electrons. The van der Waals surface area contributed by atoms with E-state index in [1.54, 1.807) is 11.8 Å². The van der Waals surface area contributed by atoms with E-state index in [4.69, 9.17) is 11.6 Å². The third-order valence-electron chi connectivity index (χ3n) is 1.89. The lowest BCUT2D eigenvalue weighted by Gasteiger charge is -2.05. The van der Waals surface area contributed by atoms with Gasteiger partial charge in [-0.1, -0.05) is 6.07 Å². The zero-order valence-corrected chi connectivity index (χ0v) is 10.2. The van der Waals surface area contributed by atoms with Gasteiger partial charge in [-0.05, 0) is 30.9 Å². The summed E-state index contributed by atoms with van der Waals surface area (Å²) in [7, 11) is 0. The van der Waals surface area contributed by atoms with Crippen LogP contribution in [0.15, 0.2) is 29.2 Å². The van der Waals surface area contributed by atoms with E-state index >= 15 is 0 Å². The molecule has 0 aliphatic heterocycles. The number of hydrogen-bond donors (Lipinski definition) is 1. The first kappa shape index (κ1) is 12.4. The van der Waals surface area contributed by atoms with E-state index in [0.29, 0.717) is 12.3 Å². The summed E-state index contributed by atoms with van der Waals surface area (Å²) in [6.45, 7) is 0. The minimum atomic E-state index is 0.0221. The Bertz CT molecular complexity index is 330. The van der Waals surface area contributed by atoms with Crippen LogP contribution < -0.4 is 5.32 Å². The van der Waals surface area contributed by atoms with Gasteiger partial charge in [-0.2, -0.15) is 0 Å². The molecular weight excluding hydrogens is 230 g/mol. The van der Waals surface area contributed by atoms with Crippen molar-refractivity contribution in [3.8, 4) is 0 Å². The molecule has 1 rings (SSSR count). The third-order valence-corrected chi connectivity index (χ3v) is 2.88. The Morgan fingerprint density at radius 2 is 2.33 bits per heavy atom. The molecule has 0 saturated carbocycles. The molecule has 2 nitrogen and oxygen atoms in total. The minimum absolute atomic E-state index is 0.0221. The number of thioether (sulfide) groups is 1. The Morgan fingerprint density at radius 3 is 3.00 bits per heavy atom. The minimum Gasteiger partial charge on any atom is -0.326 e. The summed E-state index contributed by atoms with van der Waals surface area (Å²) in [4.78, 5) is 12.5. The summed E-state index contributed by atoms with van der Waals surface area (Å²) >= 11 is 7.17. The van der Waals surface area contributed by atoms with E-state index < -0.39 is 0 Å². The second-order valence-corrected chi connectivity index (χ2v) is 4.33. The number of halogens is 1. The highest BCUT2D eigenvalue weighted by molar-refractivity contribution is 7.98. The van der Waals surface area contributed by atoms with Crippen molar-refractivity contribution in [3.05, 3.63) is 24.3 Å². The molecule has 0 aliphatic rings. The molecule has 1 N–H and O–H groups in total. The van der Waals surface area contributed by atoms with Crippen LogP contribution in [-0.4, -0.2) is 18.0 Å². The lowest BCUT2D eigenvalue weighted by atomic mass is 10.3. The van der Waals surface area contributed by atoms with Crippen LogP contribution in [0.1, 0.15) is 12.8 Å². The number of nitrogens with one attached hydrogen (secondary N) is 1. The number of anilines is 1. The lowest BCUT2D eigenvalue weighted by Crippen LogP contribution is -2.11. The number of carbonyl (C=O) groups excluding carboxylic acids is 1. The molecule has 0 unspecified atom stereocenters. The molecule has 0 bridgehead atoms. The highest BCUT2D eigenvalue weighted by Crippen LogP contribution is 2.19. The summed E-state index contributed by atoms with van der Waals surface area (Å²) in [6, 6.07) is 7.80. The molecule has 1 aromatic carbocycles. The van der Waals surface area contributed by atoms with Gasteiger partial charge in [-0.25, -0.2) is 0 Å². The smallest absolute Gasteiger partial charge is 0.224 e. The first-order chi connectivity index (χ1) is 7.26. The molecule has 0 spiro atoms. The molecule has 0 aliphatic carbocycles. The third kappa shape index (κ3) is 4.58. The topological polar surface area (TPSA) is 29.1 Å². The first-order valence-electron chi connectivity index (χ1n) is 4.76. The van der Waals surface area contributed by atoms with Gasteiger partial charge in [0.25, 0.3) is 0 Å². The molecule has 0 fully saturated rings. The highest BCUT2D eigenvalue weighted by Gasteiger charge is 2.01. The average Bonchev–Trinajstić information content (AvgIpc) is 2.26. The fourth-order valence-corrected chi connectivity index (χ4v) is 1.74. The van der Waals surface area contributed by atoms with Crippen molar-refractivity contribution in [2.45, 2.75) is 17.7 Å². The fraction of sp³-hybridized carbons (Fsp3) is 0.364. The van der Waals surface area contributed by atoms with Crippen molar-refractivity contribution >= 4 is 35.0 Å². The molecule has 0 atom stereocenters. The van der Waals surface area contributed by atoms with Gasteiger partial charge >= 0.3 is 0 Å². The van der Waals surface area contributed by atoms with Crippen LogP contribution in [0.5, 0.6) is 0 Å². The Labute approximate surface area is 99.4 Å². The first-order valence-corrected chi connectivity index (χ1v) is 6.52. The molecule has 4 heteroatoms. The number of alkyl halides is 1. The summed E-state index contributed by atoms with van der Waals surface area (Å²) in [5.74, 6) is 0.548. The second kappa shape index (κ2) is 6.75. The van der Waals surface area contributed by atoms with E-state index in [2.05, 4.69) is 5.32 Å². The van der Waals surface area contributed by atoms with E-state index in [1.807, 2.05) is 30.5 Å². The standard InChI is InChI=1S/C11H14ClNOS/c1-15-10-5-2-4-9(8-10)13-11(14)6-3-7-12/h2,4-5,8H,3,6-7H2,1H3,(H,13,14). The number of carbonyl (C=O) groups is 1. The number of benzene rings is 1. The van der Waals surface area contributed by atoms with Crippen LogP contribution in [0.2, 0.25) is 0 Å². The van der Waals surface area contributed by atoms with Gasteiger partial charge in [-0.15, -0.1) is 23.4 Å². The Kier molecular flexibility index (Phi) is 5.58. The molecule has 0 heterocycles. The predicted octanol–water partition coefficient (Wildman–Crippen LogP) is 3.37. The van der Waals surface area contributed by atoms with Gasteiger partial charge in [0.05, 0.1) is 0 Å². The maximum Gasteiger partial charge on any atom is 0.224 e. The SMILES string of the molecule is CSc1cccc(NC(=O)CCCCl)c1. The maximum absolute atomic E-state index is 11.4. The Morgan fingerprint density at radius 1 is 1.53 bits per heavy atom. The van der Waals surface area contributed by atoms with Crippen molar-refractivity contribution in [1.82, 2.24) is 0 Å². The Balaban J connectivity index is 2.52. The van der Waals surface area contributed by atoms with Crippen LogP contribution in [0.25, 0.3) is 0 Å². The van der Waals surface area contributed by atoms with Crippen LogP contribution in [0.3, 0.4) is 0 Å². The van der Waals surface area contributed by atoms with Gasteiger partial charge in [0.1, 0.15) is 0 Å². The van der Waals surface area contributed by atoms with E-state index in [0.717, 1.165) is 17.0 Å². The summed E-state index contributed by atoms with van der Waals surface area (Å²) in [6.07, 6.45) is 3.21. The Hall–Kier alpha value is -0.670. The van der Waals surface area contributed by atoms with Crippen LogP contribution in [-0.2, 0) is 4.79 Å². The van der Waals surface area contributed by atoms with Crippen molar-refractivity contribution in [2.24, 2.45) is 0 Å². The van der Waals surface area contributed by atoms with E-state index in [9.17, 15) is 4.79 Å². The highest BCUT2D eigenvalue weighted by atomic mass is 35.5. The second-order valence-electron chi connectivity index (χ2n) is 3.07. The quantitative estimate of drug-likeness (QED) is 0.635. The monoisotopic (exact) mass is 243 g/mol. The van der Waals surface area contributed by atoms with Crippen molar-refractivity contribution in [2.75, 3.05) is 17.5 Å². The van der Waals surface area contributed by atoms with E-state index in [-0.39, 0.29) is 5.91 Å². The van der Waals surface area contributed by atoms with Crippen molar-refractivity contribution < 1.29 is 4.79 Å². The average molecular weight is 244 g/mol. The van der Waals surface area contributed by atoms with Crippen LogP contribution >= 0.6 is 23.4 Å². The molecule has 0 aromatic heterocycles. The summed E-state index contributed by atoms with van der Waals surface area (Å²) in [5.41, 5.74) is 0.849. The largest absolute Gasteiger partial charge is 0.326 e. The molecule has 15 heavy (non-hydrogen) atoms. The normalized spacial score (nSPS) is 10.0. The van der Waals surface area contributed by atoms with Gasteiger partial charge < -0.3 is 5.32 Å². The summed E-state index contributed by atoms with van der Waals surface area (Å²) in [5, 5.41) is 2.84. The van der Waals surface area contributed by atoms with Crippen LogP contribution in [0.4, 0.5) is 5.69 Å². The molecule has 1 aromatic rings. The molecule has 0 saturated heterocycles. The molecule has 0 radical (unpaired) electrons. The summed E-state index contributed by atoms with van der Waals surface area (Å²) < 4.78 is 0. The van der Waals surface area contributed by atoms with Crippen LogP contribution in [0, 0.1) is 0 Å².